The third-order valence-corrected chi connectivity index (χ3v) is 6.18. The molecule has 2 aliphatic heterocycles. The Kier molecular flexibility index (Phi) is 5.40. The molecule has 4 heterocycles. The van der Waals surface area contributed by atoms with Crippen LogP contribution in [0.1, 0.15) is 35.4 Å². The number of rotatable bonds is 3. The van der Waals surface area contributed by atoms with Crippen LogP contribution >= 0.6 is 0 Å². The van der Waals surface area contributed by atoms with E-state index in [1.54, 1.807) is 0 Å². The van der Waals surface area contributed by atoms with E-state index in [4.69, 9.17) is 4.98 Å². The summed E-state index contributed by atoms with van der Waals surface area (Å²) in [5, 5.41) is 1.05. The summed E-state index contributed by atoms with van der Waals surface area (Å²) in [7, 11) is 0. The maximum atomic E-state index is 13.0. The Hall–Kier alpha value is -3.22. The van der Waals surface area contributed by atoms with Gasteiger partial charge in [-0.25, -0.2) is 9.97 Å². The third kappa shape index (κ3) is 4.17. The number of para-hydroxylation sites is 1. The lowest BCUT2D eigenvalue weighted by Crippen LogP contribution is -2.49. The highest BCUT2D eigenvalue weighted by atomic mass is 16.2. The van der Waals surface area contributed by atoms with Crippen molar-refractivity contribution in [1.82, 2.24) is 19.9 Å². The first-order chi connectivity index (χ1) is 15.2. The highest BCUT2D eigenvalue weighted by Crippen LogP contribution is 2.22. The number of amides is 1. The molecular weight excluding hydrogens is 388 g/mol. The minimum Gasteiger partial charge on any atom is -0.356 e. The van der Waals surface area contributed by atoms with Crippen molar-refractivity contribution < 1.29 is 4.79 Å². The number of carbonyl (C=O) groups is 1. The van der Waals surface area contributed by atoms with Crippen molar-refractivity contribution in [3.63, 3.8) is 0 Å². The number of benzene rings is 1. The fourth-order valence-corrected chi connectivity index (χ4v) is 4.42. The Morgan fingerprint density at radius 3 is 2.39 bits per heavy atom. The zero-order valence-electron chi connectivity index (χ0n) is 18.0. The Bertz CT molecular complexity index is 1090. The first-order valence-corrected chi connectivity index (χ1v) is 11.2. The van der Waals surface area contributed by atoms with Crippen LogP contribution in [0.2, 0.25) is 0 Å². The number of piperidine rings is 1. The lowest BCUT2D eigenvalue weighted by atomic mass is 10.1. The number of fused-ring (bicyclic) bond motifs is 1. The maximum Gasteiger partial charge on any atom is 0.272 e. The number of nitrogens with zero attached hydrogens (tertiary/aromatic N) is 6. The first kappa shape index (κ1) is 19.7. The second-order valence-corrected chi connectivity index (χ2v) is 8.38. The Labute approximate surface area is 182 Å². The van der Waals surface area contributed by atoms with Crippen molar-refractivity contribution in [3.8, 4) is 0 Å². The van der Waals surface area contributed by atoms with Crippen molar-refractivity contribution in [1.29, 1.82) is 0 Å². The van der Waals surface area contributed by atoms with Crippen molar-refractivity contribution in [2.24, 2.45) is 0 Å². The molecule has 1 aromatic carbocycles. The highest BCUT2D eigenvalue weighted by Gasteiger charge is 2.25. The molecule has 1 amide bonds. The van der Waals surface area contributed by atoms with Gasteiger partial charge in [0.15, 0.2) is 0 Å². The van der Waals surface area contributed by atoms with Crippen LogP contribution in [0.5, 0.6) is 0 Å². The zero-order valence-corrected chi connectivity index (χ0v) is 18.0. The quantitative estimate of drug-likeness (QED) is 0.653. The molecule has 0 radical (unpaired) electrons. The predicted octanol–water partition coefficient (Wildman–Crippen LogP) is 3.29. The predicted molar refractivity (Wildman–Crippen MR) is 123 cm³/mol. The van der Waals surface area contributed by atoms with E-state index in [9.17, 15) is 4.79 Å². The average molecular weight is 417 g/mol. The van der Waals surface area contributed by atoms with E-state index in [0.717, 1.165) is 54.5 Å². The van der Waals surface area contributed by atoms with E-state index in [0.29, 0.717) is 18.8 Å². The SMILES string of the molecule is Cc1cc(N2CCCCC2)nc(N2CCN(C(=O)c3ccc4ccccc4n3)CC2)n1. The van der Waals surface area contributed by atoms with Gasteiger partial charge < -0.3 is 14.7 Å². The summed E-state index contributed by atoms with van der Waals surface area (Å²) in [4.78, 5) is 33.6. The fraction of sp³-hybridized carbons (Fsp3) is 0.417. The Balaban J connectivity index is 1.27. The van der Waals surface area contributed by atoms with Crippen LogP contribution in [0.25, 0.3) is 10.9 Å². The fourth-order valence-electron chi connectivity index (χ4n) is 4.42. The molecule has 0 unspecified atom stereocenters. The van der Waals surface area contributed by atoms with E-state index < -0.39 is 0 Å². The van der Waals surface area contributed by atoms with E-state index in [2.05, 4.69) is 25.8 Å². The van der Waals surface area contributed by atoms with Crippen LogP contribution in [0.15, 0.2) is 42.5 Å². The van der Waals surface area contributed by atoms with Gasteiger partial charge in [0, 0.05) is 56.4 Å². The number of aromatic nitrogens is 3. The topological polar surface area (TPSA) is 65.5 Å². The molecule has 0 N–H and O–H groups in total. The van der Waals surface area contributed by atoms with Crippen LogP contribution in [0.4, 0.5) is 11.8 Å². The van der Waals surface area contributed by atoms with Crippen molar-refractivity contribution in [3.05, 3.63) is 53.9 Å². The summed E-state index contributed by atoms with van der Waals surface area (Å²) in [5.74, 6) is 1.79. The largest absolute Gasteiger partial charge is 0.356 e. The number of piperazine rings is 1. The lowest BCUT2D eigenvalue weighted by molar-refractivity contribution is 0.0740. The smallest absolute Gasteiger partial charge is 0.272 e. The second-order valence-electron chi connectivity index (χ2n) is 8.38. The Morgan fingerprint density at radius 2 is 1.58 bits per heavy atom. The summed E-state index contributed by atoms with van der Waals surface area (Å²) >= 11 is 0. The van der Waals surface area contributed by atoms with E-state index in [1.807, 2.05) is 48.2 Å². The molecule has 2 saturated heterocycles. The molecule has 2 fully saturated rings. The van der Waals surface area contributed by atoms with Crippen LogP contribution in [0.3, 0.4) is 0 Å². The number of hydrogen-bond donors (Lipinski definition) is 0. The molecule has 3 aromatic rings. The number of carbonyl (C=O) groups excluding carboxylic acids is 1. The summed E-state index contributed by atoms with van der Waals surface area (Å²) in [6.45, 7) is 6.90. The van der Waals surface area contributed by atoms with Crippen molar-refractivity contribution in [2.75, 3.05) is 49.1 Å². The average Bonchev–Trinajstić information content (AvgIpc) is 2.83. The van der Waals surface area contributed by atoms with Crippen molar-refractivity contribution >= 4 is 28.6 Å². The minimum absolute atomic E-state index is 0.00966. The van der Waals surface area contributed by atoms with Crippen LogP contribution < -0.4 is 9.80 Å². The van der Waals surface area contributed by atoms with Gasteiger partial charge in [-0.15, -0.1) is 0 Å². The van der Waals surface area contributed by atoms with Gasteiger partial charge in [0.2, 0.25) is 5.95 Å². The molecule has 31 heavy (non-hydrogen) atoms. The molecule has 0 aliphatic carbocycles. The first-order valence-electron chi connectivity index (χ1n) is 11.2. The van der Waals surface area contributed by atoms with Gasteiger partial charge >= 0.3 is 0 Å². The Morgan fingerprint density at radius 1 is 0.806 bits per heavy atom. The minimum atomic E-state index is -0.00966. The molecule has 0 atom stereocenters. The number of anilines is 2. The number of aryl methyl sites for hydroxylation is 1. The zero-order chi connectivity index (χ0) is 21.2. The van der Waals surface area contributed by atoms with Gasteiger partial charge in [0.25, 0.3) is 5.91 Å². The summed E-state index contributed by atoms with van der Waals surface area (Å²) in [5.41, 5.74) is 2.35. The summed E-state index contributed by atoms with van der Waals surface area (Å²) < 4.78 is 0. The lowest BCUT2D eigenvalue weighted by Gasteiger charge is -2.35. The van der Waals surface area contributed by atoms with E-state index in [1.165, 1.54) is 19.3 Å². The standard InChI is InChI=1S/C24H28N6O/c1-18-17-22(28-11-5-2-6-12-28)27-24(25-18)30-15-13-29(14-16-30)23(31)21-10-9-19-7-3-4-8-20(19)26-21/h3-4,7-10,17H,2,5-6,11-16H2,1H3. The van der Waals surface area contributed by atoms with Crippen LogP contribution in [-0.4, -0.2) is 65.0 Å². The molecular formula is C24H28N6O. The number of pyridine rings is 1. The van der Waals surface area contributed by atoms with Gasteiger partial charge in [0.05, 0.1) is 5.52 Å². The monoisotopic (exact) mass is 416 g/mol. The van der Waals surface area contributed by atoms with Gasteiger partial charge in [0.1, 0.15) is 11.5 Å². The highest BCUT2D eigenvalue weighted by molar-refractivity contribution is 5.95. The van der Waals surface area contributed by atoms with Crippen molar-refractivity contribution in [2.45, 2.75) is 26.2 Å². The van der Waals surface area contributed by atoms with E-state index >= 15 is 0 Å². The van der Waals surface area contributed by atoms with Crippen LogP contribution in [-0.2, 0) is 0 Å². The molecule has 7 nitrogen and oxygen atoms in total. The molecule has 0 saturated carbocycles. The summed E-state index contributed by atoms with van der Waals surface area (Å²) in [6, 6.07) is 13.8. The molecule has 0 spiro atoms. The third-order valence-electron chi connectivity index (χ3n) is 6.18. The molecule has 160 valence electrons. The number of hydrogen-bond acceptors (Lipinski definition) is 6. The van der Waals surface area contributed by atoms with Crippen LogP contribution in [0, 0.1) is 6.92 Å². The second kappa shape index (κ2) is 8.49. The van der Waals surface area contributed by atoms with Gasteiger partial charge in [-0.05, 0) is 38.3 Å². The normalized spacial score (nSPS) is 17.3. The molecule has 2 aliphatic rings. The summed E-state index contributed by atoms with van der Waals surface area (Å²) in [6.07, 6.45) is 3.75. The maximum absolute atomic E-state index is 13.0. The van der Waals surface area contributed by atoms with Gasteiger partial charge in [-0.1, -0.05) is 24.3 Å². The molecule has 2 aromatic heterocycles. The van der Waals surface area contributed by atoms with Gasteiger partial charge in [-0.2, -0.15) is 4.98 Å². The molecule has 7 heteroatoms. The van der Waals surface area contributed by atoms with Gasteiger partial charge in [-0.3, -0.25) is 4.79 Å². The van der Waals surface area contributed by atoms with E-state index in [-0.39, 0.29) is 5.91 Å². The molecule has 0 bridgehead atoms. The molecule has 5 rings (SSSR count).